The summed E-state index contributed by atoms with van der Waals surface area (Å²) >= 11 is 0. The van der Waals surface area contributed by atoms with E-state index in [0.717, 1.165) is 22.4 Å². The quantitative estimate of drug-likeness (QED) is 0.914. The number of hydrogen-bond donors (Lipinski definition) is 1. The Labute approximate surface area is 111 Å². The molecular formula is C15H15NO3. The minimum Gasteiger partial charge on any atom is -0.494 e. The molecule has 0 aliphatic heterocycles. The van der Waals surface area contributed by atoms with Crippen LogP contribution in [0.1, 0.15) is 23.0 Å². The van der Waals surface area contributed by atoms with Crippen molar-refractivity contribution in [3.8, 4) is 16.9 Å². The summed E-state index contributed by atoms with van der Waals surface area (Å²) in [6.07, 6.45) is 1.58. The Balaban J connectivity index is 2.33. The molecule has 0 bridgehead atoms. The molecule has 4 nitrogen and oxygen atoms in total. The number of hydrogen-bond acceptors (Lipinski definition) is 3. The highest BCUT2D eigenvalue weighted by atomic mass is 16.5. The molecular weight excluding hydrogens is 242 g/mol. The van der Waals surface area contributed by atoms with Gasteiger partial charge in [0, 0.05) is 11.8 Å². The largest absolute Gasteiger partial charge is 0.494 e. The van der Waals surface area contributed by atoms with Crippen LogP contribution in [0.4, 0.5) is 0 Å². The fourth-order valence-electron chi connectivity index (χ4n) is 1.90. The van der Waals surface area contributed by atoms with Crippen LogP contribution in [-0.2, 0) is 0 Å². The molecule has 1 N–H and O–H groups in total. The van der Waals surface area contributed by atoms with Crippen molar-refractivity contribution in [3.05, 3.63) is 47.8 Å². The lowest BCUT2D eigenvalue weighted by Gasteiger charge is -2.09. The number of nitrogens with zero attached hydrogens (tertiary/aromatic N) is 1. The summed E-state index contributed by atoms with van der Waals surface area (Å²) in [6, 6.07) is 9.09. The zero-order valence-electron chi connectivity index (χ0n) is 10.9. The van der Waals surface area contributed by atoms with Gasteiger partial charge >= 0.3 is 5.97 Å². The molecule has 0 aliphatic rings. The van der Waals surface area contributed by atoms with E-state index in [0.29, 0.717) is 6.61 Å². The lowest BCUT2D eigenvalue weighted by Crippen LogP contribution is -1.99. The number of carboxylic acids is 1. The van der Waals surface area contributed by atoms with Crippen molar-refractivity contribution in [1.82, 2.24) is 4.98 Å². The smallest absolute Gasteiger partial charge is 0.354 e. The summed E-state index contributed by atoms with van der Waals surface area (Å²) in [5.41, 5.74) is 3.03. The minimum atomic E-state index is -1.02. The van der Waals surface area contributed by atoms with Crippen molar-refractivity contribution >= 4 is 5.97 Å². The predicted molar refractivity (Wildman–Crippen MR) is 72.5 cm³/mol. The predicted octanol–water partition coefficient (Wildman–Crippen LogP) is 3.15. The van der Waals surface area contributed by atoms with Crippen LogP contribution in [0.2, 0.25) is 0 Å². The molecule has 0 aliphatic carbocycles. The normalized spacial score (nSPS) is 10.2. The Hall–Kier alpha value is -2.36. The Bertz CT molecular complexity index is 591. The lowest BCUT2D eigenvalue weighted by atomic mass is 10.0. The molecule has 1 heterocycles. The number of rotatable bonds is 4. The Morgan fingerprint density at radius 2 is 2.11 bits per heavy atom. The number of pyridine rings is 1. The topological polar surface area (TPSA) is 59.4 Å². The molecule has 0 saturated heterocycles. The number of aromatic nitrogens is 1. The van der Waals surface area contributed by atoms with Gasteiger partial charge in [-0.05, 0) is 43.2 Å². The third-order valence-corrected chi connectivity index (χ3v) is 2.80. The molecule has 0 amide bonds. The highest BCUT2D eigenvalue weighted by Gasteiger charge is 2.07. The number of benzene rings is 1. The lowest BCUT2D eigenvalue weighted by molar-refractivity contribution is 0.0690. The van der Waals surface area contributed by atoms with Crippen LogP contribution in [0.5, 0.6) is 5.75 Å². The first-order valence-electron chi connectivity index (χ1n) is 6.05. The van der Waals surface area contributed by atoms with Crippen LogP contribution in [0, 0.1) is 6.92 Å². The van der Waals surface area contributed by atoms with Gasteiger partial charge in [-0.2, -0.15) is 0 Å². The van der Waals surface area contributed by atoms with Gasteiger partial charge in [0.25, 0.3) is 0 Å². The van der Waals surface area contributed by atoms with Gasteiger partial charge in [0.1, 0.15) is 11.4 Å². The molecule has 98 valence electrons. The van der Waals surface area contributed by atoms with E-state index in [1.807, 2.05) is 32.0 Å². The van der Waals surface area contributed by atoms with Gasteiger partial charge in [-0.15, -0.1) is 0 Å². The second-order valence-corrected chi connectivity index (χ2v) is 4.15. The Morgan fingerprint density at radius 3 is 2.63 bits per heavy atom. The highest BCUT2D eigenvalue weighted by Crippen LogP contribution is 2.26. The maximum atomic E-state index is 10.8. The third-order valence-electron chi connectivity index (χ3n) is 2.80. The van der Waals surface area contributed by atoms with Gasteiger partial charge in [0.15, 0.2) is 0 Å². The summed E-state index contributed by atoms with van der Waals surface area (Å²) in [4.78, 5) is 14.7. The second kappa shape index (κ2) is 5.52. The standard InChI is InChI=1S/C15H15NO3/c1-3-19-12-5-6-13(10(2)8-12)11-4-7-14(15(17)18)16-9-11/h4-9H,3H2,1-2H3,(H,17,18). The van der Waals surface area contributed by atoms with Crippen LogP contribution in [0.3, 0.4) is 0 Å². The molecule has 2 aromatic rings. The first-order chi connectivity index (χ1) is 9.11. The molecule has 0 radical (unpaired) electrons. The zero-order chi connectivity index (χ0) is 13.8. The van der Waals surface area contributed by atoms with E-state index in [9.17, 15) is 4.79 Å². The van der Waals surface area contributed by atoms with Gasteiger partial charge in [-0.25, -0.2) is 9.78 Å². The second-order valence-electron chi connectivity index (χ2n) is 4.15. The maximum absolute atomic E-state index is 10.8. The van der Waals surface area contributed by atoms with Crippen molar-refractivity contribution in [2.45, 2.75) is 13.8 Å². The van der Waals surface area contributed by atoms with E-state index >= 15 is 0 Å². The molecule has 1 aromatic carbocycles. The molecule has 2 rings (SSSR count). The van der Waals surface area contributed by atoms with Crippen molar-refractivity contribution in [1.29, 1.82) is 0 Å². The molecule has 0 fully saturated rings. The van der Waals surface area contributed by atoms with Gasteiger partial charge in [0.2, 0.25) is 0 Å². The number of carboxylic acid groups (broad SMARTS) is 1. The zero-order valence-corrected chi connectivity index (χ0v) is 10.9. The SMILES string of the molecule is CCOc1ccc(-c2ccc(C(=O)O)nc2)c(C)c1. The summed E-state index contributed by atoms with van der Waals surface area (Å²) in [6.45, 7) is 4.56. The van der Waals surface area contributed by atoms with Crippen molar-refractivity contribution < 1.29 is 14.6 Å². The minimum absolute atomic E-state index is 0.0485. The summed E-state index contributed by atoms with van der Waals surface area (Å²) in [5.74, 6) is -0.186. The highest BCUT2D eigenvalue weighted by molar-refractivity contribution is 5.85. The number of ether oxygens (including phenoxy) is 1. The molecule has 0 saturated carbocycles. The fourth-order valence-corrected chi connectivity index (χ4v) is 1.90. The monoisotopic (exact) mass is 257 g/mol. The van der Waals surface area contributed by atoms with Gasteiger partial charge < -0.3 is 9.84 Å². The molecule has 0 spiro atoms. The van der Waals surface area contributed by atoms with Crippen LogP contribution < -0.4 is 4.74 Å². The van der Waals surface area contributed by atoms with Crippen molar-refractivity contribution in [3.63, 3.8) is 0 Å². The van der Waals surface area contributed by atoms with Gasteiger partial charge in [-0.3, -0.25) is 0 Å². The van der Waals surface area contributed by atoms with E-state index in [1.165, 1.54) is 6.07 Å². The van der Waals surface area contributed by atoms with Crippen molar-refractivity contribution in [2.24, 2.45) is 0 Å². The van der Waals surface area contributed by atoms with E-state index in [1.54, 1.807) is 12.3 Å². The van der Waals surface area contributed by atoms with Gasteiger partial charge in [0.05, 0.1) is 6.61 Å². The maximum Gasteiger partial charge on any atom is 0.354 e. The molecule has 0 unspecified atom stereocenters. The molecule has 0 atom stereocenters. The van der Waals surface area contributed by atoms with E-state index < -0.39 is 5.97 Å². The summed E-state index contributed by atoms with van der Waals surface area (Å²) < 4.78 is 5.43. The molecule has 19 heavy (non-hydrogen) atoms. The summed E-state index contributed by atoms with van der Waals surface area (Å²) in [7, 11) is 0. The fraction of sp³-hybridized carbons (Fsp3) is 0.200. The van der Waals surface area contributed by atoms with Crippen LogP contribution in [0.15, 0.2) is 36.5 Å². The third kappa shape index (κ3) is 2.91. The Morgan fingerprint density at radius 1 is 1.32 bits per heavy atom. The van der Waals surface area contributed by atoms with Crippen LogP contribution in [0.25, 0.3) is 11.1 Å². The number of aromatic carboxylic acids is 1. The van der Waals surface area contributed by atoms with Crippen molar-refractivity contribution in [2.75, 3.05) is 6.61 Å². The van der Waals surface area contributed by atoms with Crippen LogP contribution in [-0.4, -0.2) is 22.7 Å². The van der Waals surface area contributed by atoms with Crippen LogP contribution >= 0.6 is 0 Å². The molecule has 1 aromatic heterocycles. The van der Waals surface area contributed by atoms with E-state index in [4.69, 9.17) is 9.84 Å². The molecule has 4 heteroatoms. The van der Waals surface area contributed by atoms with E-state index in [-0.39, 0.29) is 5.69 Å². The first-order valence-corrected chi connectivity index (χ1v) is 6.05. The first kappa shape index (κ1) is 13.1. The summed E-state index contributed by atoms with van der Waals surface area (Å²) in [5, 5.41) is 8.82. The van der Waals surface area contributed by atoms with E-state index in [2.05, 4.69) is 4.98 Å². The number of carbonyl (C=O) groups is 1. The Kier molecular flexibility index (Phi) is 3.80. The average Bonchev–Trinajstić information content (AvgIpc) is 2.39. The van der Waals surface area contributed by atoms with Gasteiger partial charge in [-0.1, -0.05) is 12.1 Å². The average molecular weight is 257 g/mol. The number of aryl methyl sites for hydroxylation is 1.